The van der Waals surface area contributed by atoms with Crippen LogP contribution in [0.5, 0.6) is 0 Å². The fourth-order valence-corrected chi connectivity index (χ4v) is 2.32. The van der Waals surface area contributed by atoms with Gasteiger partial charge in [-0.2, -0.15) is 0 Å². The summed E-state index contributed by atoms with van der Waals surface area (Å²) in [5.41, 5.74) is 0.835. The van der Waals surface area contributed by atoms with Gasteiger partial charge in [0.05, 0.1) is 16.9 Å². The van der Waals surface area contributed by atoms with E-state index in [0.717, 1.165) is 0 Å². The highest BCUT2D eigenvalue weighted by Gasteiger charge is 2.15. The van der Waals surface area contributed by atoms with Crippen LogP contribution < -0.4 is 0 Å². The highest BCUT2D eigenvalue weighted by atomic mass is 35.5. The molecular weight excluding hydrogens is 329 g/mol. The fraction of sp³-hybridized carbons (Fsp3) is 0.133. The number of halogens is 2. The van der Waals surface area contributed by atoms with Crippen molar-refractivity contribution in [3.8, 4) is 0 Å². The van der Waals surface area contributed by atoms with E-state index in [1.807, 2.05) is 0 Å². The summed E-state index contributed by atoms with van der Waals surface area (Å²) in [6.07, 6.45) is -0.0311. The van der Waals surface area contributed by atoms with Crippen LogP contribution in [-0.4, -0.2) is 10.9 Å². The maximum atomic E-state index is 11.8. The predicted octanol–water partition coefficient (Wildman–Crippen LogP) is 4.19. The molecule has 2 aromatic carbocycles. The number of carbonyl (C=O) groups is 1. The van der Waals surface area contributed by atoms with E-state index >= 15 is 0 Å². The number of rotatable bonds is 5. The first-order chi connectivity index (χ1) is 10.5. The lowest BCUT2D eigenvalue weighted by Gasteiger charge is -2.07. The molecule has 0 amide bonds. The Morgan fingerprint density at radius 1 is 1.14 bits per heavy atom. The van der Waals surface area contributed by atoms with Gasteiger partial charge in [0, 0.05) is 16.1 Å². The zero-order valence-electron chi connectivity index (χ0n) is 11.3. The maximum absolute atomic E-state index is 11.8. The fourth-order valence-electron chi connectivity index (χ4n) is 1.84. The summed E-state index contributed by atoms with van der Waals surface area (Å²) < 4.78 is 5.07. The van der Waals surface area contributed by atoms with Crippen LogP contribution in [0, 0.1) is 10.1 Å². The lowest BCUT2D eigenvalue weighted by molar-refractivity contribution is -0.385. The van der Waals surface area contributed by atoms with Crippen molar-refractivity contribution in [3.63, 3.8) is 0 Å². The molecule has 0 atom stereocenters. The number of hydrogen-bond donors (Lipinski definition) is 0. The first-order valence-corrected chi connectivity index (χ1v) is 7.05. The molecular formula is C15H11Cl2NO4. The normalized spacial score (nSPS) is 10.3. The van der Waals surface area contributed by atoms with E-state index < -0.39 is 10.9 Å². The molecule has 0 bridgehead atoms. The second kappa shape index (κ2) is 7.24. The molecule has 0 saturated carbocycles. The quantitative estimate of drug-likeness (QED) is 0.465. The van der Waals surface area contributed by atoms with Crippen LogP contribution in [0.1, 0.15) is 11.1 Å². The highest BCUT2D eigenvalue weighted by Crippen LogP contribution is 2.22. The minimum atomic E-state index is -0.526. The van der Waals surface area contributed by atoms with Crippen molar-refractivity contribution in [1.82, 2.24) is 0 Å². The Labute approximate surface area is 136 Å². The molecule has 2 aromatic rings. The van der Waals surface area contributed by atoms with Crippen molar-refractivity contribution in [3.05, 3.63) is 73.8 Å². The van der Waals surface area contributed by atoms with Crippen molar-refractivity contribution in [1.29, 1.82) is 0 Å². The van der Waals surface area contributed by atoms with Crippen LogP contribution in [0.3, 0.4) is 0 Å². The second-order valence-corrected chi connectivity index (χ2v) is 5.30. The third kappa shape index (κ3) is 4.19. The average Bonchev–Trinajstić information content (AvgIpc) is 2.48. The van der Waals surface area contributed by atoms with Gasteiger partial charge in [0.2, 0.25) is 0 Å². The van der Waals surface area contributed by atoms with Crippen molar-refractivity contribution < 1.29 is 14.5 Å². The zero-order chi connectivity index (χ0) is 16.1. The Hall–Kier alpha value is -2.11. The first kappa shape index (κ1) is 16.3. The topological polar surface area (TPSA) is 69.4 Å². The molecule has 0 unspecified atom stereocenters. The number of ether oxygens (including phenoxy) is 1. The molecule has 114 valence electrons. The summed E-state index contributed by atoms with van der Waals surface area (Å²) in [5, 5.41) is 11.7. The standard InChI is InChI=1S/C15H11Cl2NO4/c16-12-6-5-10(13(17)8-12)7-15(19)22-9-11-3-1-2-4-14(11)18(20)21/h1-6,8H,7,9H2. The van der Waals surface area contributed by atoms with Gasteiger partial charge in [-0.25, -0.2) is 0 Å². The van der Waals surface area contributed by atoms with E-state index in [2.05, 4.69) is 0 Å². The summed E-state index contributed by atoms with van der Waals surface area (Å²) in [4.78, 5) is 22.2. The molecule has 0 aliphatic heterocycles. The molecule has 0 radical (unpaired) electrons. The molecule has 5 nitrogen and oxygen atoms in total. The van der Waals surface area contributed by atoms with E-state index in [1.165, 1.54) is 12.1 Å². The summed E-state index contributed by atoms with van der Waals surface area (Å²) in [7, 11) is 0. The van der Waals surface area contributed by atoms with E-state index in [1.54, 1.807) is 30.3 Å². The number of carbonyl (C=O) groups excluding carboxylic acids is 1. The number of para-hydroxylation sites is 1. The van der Waals surface area contributed by atoms with Gasteiger partial charge in [0.1, 0.15) is 6.61 Å². The highest BCUT2D eigenvalue weighted by molar-refractivity contribution is 6.35. The van der Waals surface area contributed by atoms with Crippen LogP contribution in [0.2, 0.25) is 10.0 Å². The molecule has 7 heteroatoms. The largest absolute Gasteiger partial charge is 0.460 e. The van der Waals surface area contributed by atoms with Gasteiger partial charge in [0.25, 0.3) is 5.69 Å². The average molecular weight is 340 g/mol. The minimum absolute atomic E-state index is 0.0311. The third-order valence-electron chi connectivity index (χ3n) is 2.93. The summed E-state index contributed by atoms with van der Waals surface area (Å²) in [5.74, 6) is -0.526. The van der Waals surface area contributed by atoms with E-state index in [4.69, 9.17) is 27.9 Å². The number of nitrogens with zero attached hydrogens (tertiary/aromatic N) is 1. The molecule has 0 aromatic heterocycles. The molecule has 0 aliphatic carbocycles. The van der Waals surface area contributed by atoms with Crippen LogP contribution in [0.15, 0.2) is 42.5 Å². The van der Waals surface area contributed by atoms with Crippen molar-refractivity contribution >= 4 is 34.9 Å². The van der Waals surface area contributed by atoms with Crippen LogP contribution in [0.4, 0.5) is 5.69 Å². The number of nitro benzene ring substituents is 1. The zero-order valence-corrected chi connectivity index (χ0v) is 12.8. The van der Waals surface area contributed by atoms with Crippen LogP contribution in [-0.2, 0) is 22.6 Å². The summed E-state index contributed by atoms with van der Waals surface area (Å²) in [6.45, 7) is -0.165. The molecule has 0 N–H and O–H groups in total. The summed E-state index contributed by atoms with van der Waals surface area (Å²) in [6, 6.07) is 10.9. The maximum Gasteiger partial charge on any atom is 0.310 e. The monoisotopic (exact) mass is 339 g/mol. The van der Waals surface area contributed by atoms with E-state index in [-0.39, 0.29) is 18.7 Å². The predicted molar refractivity (Wildman–Crippen MR) is 83.1 cm³/mol. The lowest BCUT2D eigenvalue weighted by atomic mass is 10.1. The Kier molecular flexibility index (Phi) is 5.35. The first-order valence-electron chi connectivity index (χ1n) is 6.29. The lowest BCUT2D eigenvalue weighted by Crippen LogP contribution is -2.09. The number of esters is 1. The second-order valence-electron chi connectivity index (χ2n) is 4.46. The van der Waals surface area contributed by atoms with Crippen molar-refractivity contribution in [2.24, 2.45) is 0 Å². The Balaban J connectivity index is 2.00. The van der Waals surface area contributed by atoms with Gasteiger partial charge in [-0.15, -0.1) is 0 Å². The molecule has 22 heavy (non-hydrogen) atoms. The Morgan fingerprint density at radius 2 is 1.86 bits per heavy atom. The molecule has 0 aliphatic rings. The summed E-state index contributed by atoms with van der Waals surface area (Å²) >= 11 is 11.8. The van der Waals surface area contributed by atoms with Crippen LogP contribution in [0.25, 0.3) is 0 Å². The van der Waals surface area contributed by atoms with Gasteiger partial charge in [0.15, 0.2) is 0 Å². The third-order valence-corrected chi connectivity index (χ3v) is 3.51. The number of nitro groups is 1. The Bertz CT molecular complexity index is 718. The van der Waals surface area contributed by atoms with Crippen molar-refractivity contribution in [2.45, 2.75) is 13.0 Å². The molecule has 2 rings (SSSR count). The van der Waals surface area contributed by atoms with Gasteiger partial charge in [-0.1, -0.05) is 41.4 Å². The number of hydrogen-bond acceptors (Lipinski definition) is 4. The minimum Gasteiger partial charge on any atom is -0.460 e. The van der Waals surface area contributed by atoms with Gasteiger partial charge >= 0.3 is 5.97 Å². The molecule has 0 heterocycles. The van der Waals surface area contributed by atoms with Gasteiger partial charge < -0.3 is 4.74 Å². The smallest absolute Gasteiger partial charge is 0.310 e. The molecule has 0 spiro atoms. The van der Waals surface area contributed by atoms with Gasteiger partial charge in [-0.3, -0.25) is 14.9 Å². The number of benzene rings is 2. The van der Waals surface area contributed by atoms with E-state index in [0.29, 0.717) is 21.2 Å². The molecule has 0 fully saturated rings. The SMILES string of the molecule is O=C(Cc1ccc(Cl)cc1Cl)OCc1ccccc1[N+](=O)[O-]. The van der Waals surface area contributed by atoms with E-state index in [9.17, 15) is 14.9 Å². The molecule has 0 saturated heterocycles. The Morgan fingerprint density at radius 3 is 2.55 bits per heavy atom. The van der Waals surface area contributed by atoms with Crippen molar-refractivity contribution in [2.75, 3.05) is 0 Å². The van der Waals surface area contributed by atoms with Crippen LogP contribution >= 0.6 is 23.2 Å². The van der Waals surface area contributed by atoms with Gasteiger partial charge in [-0.05, 0) is 23.8 Å².